The maximum absolute atomic E-state index is 12.3. The molecule has 60 heavy (non-hydrogen) atoms. The van der Waals surface area contributed by atoms with E-state index in [1.807, 2.05) is 0 Å². The van der Waals surface area contributed by atoms with Crippen LogP contribution in [0.4, 0.5) is 0 Å². The number of amides is 1. The number of carbonyl (C=O) groups is 2. The molecule has 0 radical (unpaired) electrons. The zero-order valence-corrected chi connectivity index (χ0v) is 41.1. The van der Waals surface area contributed by atoms with E-state index < -0.39 is 6.10 Å². The molecular formula is C56H109NO3. The van der Waals surface area contributed by atoms with Crippen LogP contribution in [-0.2, 0) is 9.59 Å². The van der Waals surface area contributed by atoms with E-state index in [2.05, 4.69) is 31.3 Å². The summed E-state index contributed by atoms with van der Waals surface area (Å²) in [5, 5.41) is 13.2. The number of nitrogens with one attached hydrogen (secondary N) is 1. The standard InChI is InChI=1S/C56H109NO3/c1-3-5-7-9-11-13-15-17-19-20-21-22-23-26-29-33-37-41-45-49-54(58)50-46-42-38-34-30-27-24-28-32-36-40-44-48-52-56(60)57-53-55(59)51-47-43-39-35-31-25-18-16-14-12-10-8-6-4-2/h17,19,55,59H,3-16,18,20-53H2,1-2H3,(H,57,60)/b19-17-. The summed E-state index contributed by atoms with van der Waals surface area (Å²) in [4.78, 5) is 24.5. The van der Waals surface area contributed by atoms with Crippen LogP contribution in [0.15, 0.2) is 12.2 Å². The van der Waals surface area contributed by atoms with Gasteiger partial charge in [-0.25, -0.2) is 0 Å². The summed E-state index contributed by atoms with van der Waals surface area (Å²) in [7, 11) is 0. The van der Waals surface area contributed by atoms with Crippen LogP contribution >= 0.6 is 0 Å². The maximum Gasteiger partial charge on any atom is 0.220 e. The summed E-state index contributed by atoms with van der Waals surface area (Å²) in [6, 6.07) is 0. The lowest BCUT2D eigenvalue weighted by molar-refractivity contribution is -0.121. The average molecular weight is 844 g/mol. The van der Waals surface area contributed by atoms with Crippen molar-refractivity contribution in [1.29, 1.82) is 0 Å². The number of hydrogen-bond donors (Lipinski definition) is 2. The number of Topliss-reactive ketones (excluding diaryl/α,β-unsaturated/α-hetero) is 1. The molecule has 0 spiro atoms. The zero-order chi connectivity index (χ0) is 43.5. The molecule has 0 saturated carbocycles. The highest BCUT2D eigenvalue weighted by atomic mass is 16.3. The largest absolute Gasteiger partial charge is 0.391 e. The minimum atomic E-state index is -0.399. The molecule has 0 aliphatic carbocycles. The Morgan fingerprint density at radius 1 is 0.367 bits per heavy atom. The van der Waals surface area contributed by atoms with Crippen LogP contribution in [0.1, 0.15) is 322 Å². The van der Waals surface area contributed by atoms with Gasteiger partial charge in [0.1, 0.15) is 5.78 Å². The van der Waals surface area contributed by atoms with Crippen LogP contribution in [0.2, 0.25) is 0 Å². The Hall–Kier alpha value is -1.16. The molecule has 0 fully saturated rings. The molecule has 0 heterocycles. The van der Waals surface area contributed by atoms with Crippen molar-refractivity contribution in [1.82, 2.24) is 5.32 Å². The summed E-state index contributed by atoms with van der Waals surface area (Å²) in [5.41, 5.74) is 0. The lowest BCUT2D eigenvalue weighted by Crippen LogP contribution is -2.31. The average Bonchev–Trinajstić information content (AvgIpc) is 3.25. The lowest BCUT2D eigenvalue weighted by Gasteiger charge is -2.12. The van der Waals surface area contributed by atoms with Gasteiger partial charge in [0, 0.05) is 25.8 Å². The zero-order valence-electron chi connectivity index (χ0n) is 41.1. The number of aliphatic hydroxyl groups excluding tert-OH is 1. The van der Waals surface area contributed by atoms with Crippen molar-refractivity contribution >= 4 is 11.7 Å². The highest BCUT2D eigenvalue weighted by molar-refractivity contribution is 5.78. The third-order valence-electron chi connectivity index (χ3n) is 13.0. The third-order valence-corrected chi connectivity index (χ3v) is 13.0. The summed E-state index contributed by atoms with van der Waals surface area (Å²) in [6.07, 6.45) is 65.4. The van der Waals surface area contributed by atoms with Gasteiger partial charge in [0.25, 0.3) is 0 Å². The molecule has 356 valence electrons. The molecule has 0 rings (SSSR count). The molecule has 0 aromatic rings. The van der Waals surface area contributed by atoms with Gasteiger partial charge in [0.15, 0.2) is 0 Å². The molecule has 1 amide bonds. The van der Waals surface area contributed by atoms with E-state index >= 15 is 0 Å². The molecule has 4 nitrogen and oxygen atoms in total. The Balaban J connectivity index is 3.29. The van der Waals surface area contributed by atoms with Gasteiger partial charge < -0.3 is 10.4 Å². The SMILES string of the molecule is CCCCCCCC/C=C\CCCCCCCCCCCC(=O)CCCCCCCCCCCCCCCC(=O)NCC(O)CCCCCCCCCCCCCCCC. The Kier molecular flexibility index (Phi) is 51.2. The second-order valence-corrected chi connectivity index (χ2v) is 19.2. The summed E-state index contributed by atoms with van der Waals surface area (Å²) < 4.78 is 0. The highest BCUT2D eigenvalue weighted by Gasteiger charge is 2.07. The van der Waals surface area contributed by atoms with E-state index in [4.69, 9.17) is 0 Å². The molecule has 0 aliphatic rings. The van der Waals surface area contributed by atoms with E-state index in [-0.39, 0.29) is 5.91 Å². The van der Waals surface area contributed by atoms with Crippen LogP contribution in [0.3, 0.4) is 0 Å². The second-order valence-electron chi connectivity index (χ2n) is 19.2. The highest BCUT2D eigenvalue weighted by Crippen LogP contribution is 2.17. The topological polar surface area (TPSA) is 66.4 Å². The molecule has 2 N–H and O–H groups in total. The predicted octanol–water partition coefficient (Wildman–Crippen LogP) is 18.4. The Labute approximate surface area is 377 Å². The van der Waals surface area contributed by atoms with Crippen molar-refractivity contribution in [3.63, 3.8) is 0 Å². The lowest BCUT2D eigenvalue weighted by atomic mass is 10.0. The molecule has 0 bridgehead atoms. The number of rotatable bonds is 52. The van der Waals surface area contributed by atoms with E-state index in [1.54, 1.807) is 0 Å². The van der Waals surface area contributed by atoms with Gasteiger partial charge in [0.2, 0.25) is 5.91 Å². The van der Waals surface area contributed by atoms with Gasteiger partial charge in [-0.15, -0.1) is 0 Å². The normalized spacial score (nSPS) is 12.2. The number of hydrogen-bond acceptors (Lipinski definition) is 3. The minimum Gasteiger partial charge on any atom is -0.391 e. The van der Waals surface area contributed by atoms with E-state index in [1.165, 1.54) is 250 Å². The van der Waals surface area contributed by atoms with E-state index in [0.29, 0.717) is 18.7 Å². The molecule has 1 unspecified atom stereocenters. The fraction of sp³-hybridized carbons (Fsp3) is 0.929. The smallest absolute Gasteiger partial charge is 0.220 e. The first-order valence-corrected chi connectivity index (χ1v) is 27.7. The van der Waals surface area contributed by atoms with Crippen LogP contribution in [-0.4, -0.2) is 29.4 Å². The third kappa shape index (κ3) is 51.2. The van der Waals surface area contributed by atoms with E-state index in [9.17, 15) is 14.7 Å². The Bertz CT molecular complexity index is 871. The molecule has 0 aliphatic heterocycles. The molecular weight excluding hydrogens is 735 g/mol. The van der Waals surface area contributed by atoms with Crippen molar-refractivity contribution in [2.24, 2.45) is 0 Å². The van der Waals surface area contributed by atoms with Crippen molar-refractivity contribution in [3.8, 4) is 0 Å². The van der Waals surface area contributed by atoms with Crippen LogP contribution in [0.25, 0.3) is 0 Å². The van der Waals surface area contributed by atoms with Gasteiger partial charge in [-0.3, -0.25) is 9.59 Å². The van der Waals surface area contributed by atoms with Gasteiger partial charge in [-0.2, -0.15) is 0 Å². The fourth-order valence-corrected chi connectivity index (χ4v) is 8.77. The van der Waals surface area contributed by atoms with Gasteiger partial charge in [0.05, 0.1) is 6.10 Å². The predicted molar refractivity (Wildman–Crippen MR) is 266 cm³/mol. The number of carbonyl (C=O) groups excluding carboxylic acids is 2. The first kappa shape index (κ1) is 58.8. The fourth-order valence-electron chi connectivity index (χ4n) is 8.77. The van der Waals surface area contributed by atoms with Crippen molar-refractivity contribution in [2.45, 2.75) is 328 Å². The molecule has 1 atom stereocenters. The van der Waals surface area contributed by atoms with Crippen molar-refractivity contribution < 1.29 is 14.7 Å². The summed E-state index contributed by atoms with van der Waals surface area (Å²) >= 11 is 0. The monoisotopic (exact) mass is 844 g/mol. The van der Waals surface area contributed by atoms with Crippen molar-refractivity contribution in [2.75, 3.05) is 6.54 Å². The minimum absolute atomic E-state index is 0.103. The van der Waals surface area contributed by atoms with Crippen LogP contribution in [0, 0.1) is 0 Å². The Morgan fingerprint density at radius 2 is 0.633 bits per heavy atom. The maximum atomic E-state index is 12.3. The summed E-state index contributed by atoms with van der Waals surface area (Å²) in [5.74, 6) is 0.603. The molecule has 0 aromatic heterocycles. The van der Waals surface area contributed by atoms with Gasteiger partial charge in [-0.05, 0) is 51.4 Å². The number of unbranched alkanes of at least 4 members (excludes halogenated alkanes) is 40. The Morgan fingerprint density at radius 3 is 0.967 bits per heavy atom. The number of ketones is 1. The number of aliphatic hydroxyl groups is 1. The molecule has 0 aromatic carbocycles. The summed E-state index contributed by atoms with van der Waals surface area (Å²) in [6.45, 7) is 4.98. The molecule has 0 saturated heterocycles. The second kappa shape index (κ2) is 52.2. The molecule has 4 heteroatoms. The van der Waals surface area contributed by atoms with Crippen molar-refractivity contribution in [3.05, 3.63) is 12.2 Å². The van der Waals surface area contributed by atoms with Crippen LogP contribution < -0.4 is 5.32 Å². The first-order chi connectivity index (χ1) is 29.6. The van der Waals surface area contributed by atoms with Crippen LogP contribution in [0.5, 0.6) is 0 Å². The first-order valence-electron chi connectivity index (χ1n) is 27.7. The van der Waals surface area contributed by atoms with Gasteiger partial charge >= 0.3 is 0 Å². The quantitative estimate of drug-likeness (QED) is 0.0473. The number of allylic oxidation sites excluding steroid dienone is 2. The van der Waals surface area contributed by atoms with Gasteiger partial charge in [-0.1, -0.05) is 264 Å². The van der Waals surface area contributed by atoms with E-state index in [0.717, 1.165) is 51.4 Å².